The van der Waals surface area contributed by atoms with Gasteiger partial charge in [-0.2, -0.15) is 4.39 Å². The maximum absolute atomic E-state index is 14.5. The summed E-state index contributed by atoms with van der Waals surface area (Å²) in [6.07, 6.45) is 5.03. The van der Waals surface area contributed by atoms with Crippen LogP contribution in [0.2, 0.25) is 0 Å². The highest BCUT2D eigenvalue weighted by Gasteiger charge is 2.31. The number of amides is 1. The Labute approximate surface area is 186 Å². The fourth-order valence-electron chi connectivity index (χ4n) is 4.89. The van der Waals surface area contributed by atoms with Crippen molar-refractivity contribution >= 4 is 11.6 Å². The molecule has 0 unspecified atom stereocenters. The smallest absolute Gasteiger partial charge is 0.270 e. The average Bonchev–Trinajstić information content (AvgIpc) is 3.64. The summed E-state index contributed by atoms with van der Waals surface area (Å²) in [5.41, 5.74) is 3.36. The Morgan fingerprint density at radius 3 is 2.66 bits per heavy atom. The third kappa shape index (κ3) is 4.26. The Kier molecular flexibility index (Phi) is 5.67. The number of pyridine rings is 1. The molecule has 0 spiro atoms. The molecule has 8 nitrogen and oxygen atoms in total. The first-order valence-electron chi connectivity index (χ1n) is 11.5. The Balaban J connectivity index is 1.17. The van der Waals surface area contributed by atoms with Crippen LogP contribution < -0.4 is 15.8 Å². The standard InChI is InChI=1S/C23H29FN6O2/c1-25-22(31)17-6-7-19(21(24)27-17)30-10-8-29(9-11-30)13-14-2-5-16-18(12-14)28-23(32)20(26-16)15-3-4-15/h6-7,14-15H,2-5,8-13H2,1H3,(H,25,31)(H,28,32)/t14-/m0/s1. The fourth-order valence-corrected chi connectivity index (χ4v) is 4.89. The molecular weight excluding hydrogens is 411 g/mol. The van der Waals surface area contributed by atoms with Gasteiger partial charge in [-0.3, -0.25) is 14.5 Å². The fraction of sp³-hybridized carbons (Fsp3) is 0.565. The monoisotopic (exact) mass is 440 g/mol. The minimum atomic E-state index is -0.606. The van der Waals surface area contributed by atoms with Crippen LogP contribution in [0, 0.1) is 11.9 Å². The molecular formula is C23H29FN6O2. The van der Waals surface area contributed by atoms with Crippen LogP contribution in [0.3, 0.4) is 0 Å². The molecule has 1 amide bonds. The third-order valence-corrected chi connectivity index (χ3v) is 6.87. The number of hydrogen-bond donors (Lipinski definition) is 2. The zero-order valence-corrected chi connectivity index (χ0v) is 18.4. The third-order valence-electron chi connectivity index (χ3n) is 6.87. The number of piperazine rings is 1. The van der Waals surface area contributed by atoms with Crippen molar-refractivity contribution in [2.45, 2.75) is 38.0 Å². The number of hydrogen-bond acceptors (Lipinski definition) is 6. The number of aryl methyl sites for hydroxylation is 1. The van der Waals surface area contributed by atoms with Crippen molar-refractivity contribution in [2.75, 3.05) is 44.7 Å². The van der Waals surface area contributed by atoms with Gasteiger partial charge in [0.15, 0.2) is 0 Å². The molecule has 2 aromatic rings. The Bertz CT molecular complexity index is 1070. The number of carbonyl (C=O) groups excluding carboxylic acids is 1. The van der Waals surface area contributed by atoms with E-state index in [0.29, 0.717) is 30.6 Å². The number of aromatic nitrogens is 3. The molecule has 0 aromatic carbocycles. The van der Waals surface area contributed by atoms with Crippen LogP contribution in [0.5, 0.6) is 0 Å². The van der Waals surface area contributed by atoms with E-state index in [9.17, 15) is 14.0 Å². The normalized spacial score (nSPS) is 21.3. The highest BCUT2D eigenvalue weighted by atomic mass is 19.1. The number of nitrogens with one attached hydrogen (secondary N) is 2. The lowest BCUT2D eigenvalue weighted by Crippen LogP contribution is -2.48. The summed E-state index contributed by atoms with van der Waals surface area (Å²) in [4.78, 5) is 40.0. The second-order valence-electron chi connectivity index (χ2n) is 9.13. The lowest BCUT2D eigenvalue weighted by Gasteiger charge is -2.38. The molecule has 2 aliphatic carbocycles. The second kappa shape index (κ2) is 8.61. The van der Waals surface area contributed by atoms with E-state index >= 15 is 0 Å². The van der Waals surface area contributed by atoms with Gasteiger partial charge in [0.2, 0.25) is 5.95 Å². The van der Waals surface area contributed by atoms with E-state index in [2.05, 4.69) is 20.2 Å². The van der Waals surface area contributed by atoms with Crippen LogP contribution in [0.15, 0.2) is 16.9 Å². The minimum absolute atomic E-state index is 0.00131. The molecule has 2 aromatic heterocycles. The van der Waals surface area contributed by atoms with E-state index in [-0.39, 0.29) is 11.3 Å². The van der Waals surface area contributed by atoms with Crippen molar-refractivity contribution in [1.29, 1.82) is 0 Å². The van der Waals surface area contributed by atoms with Gasteiger partial charge in [-0.1, -0.05) is 0 Å². The van der Waals surface area contributed by atoms with Gasteiger partial charge in [0.05, 0.1) is 11.4 Å². The average molecular weight is 441 g/mol. The minimum Gasteiger partial charge on any atom is -0.365 e. The molecule has 32 heavy (non-hydrogen) atoms. The molecule has 1 saturated carbocycles. The molecule has 3 aliphatic rings. The summed E-state index contributed by atoms with van der Waals surface area (Å²) >= 11 is 0. The molecule has 9 heteroatoms. The van der Waals surface area contributed by atoms with Crippen molar-refractivity contribution in [2.24, 2.45) is 5.92 Å². The van der Waals surface area contributed by atoms with E-state index in [1.54, 1.807) is 12.1 Å². The van der Waals surface area contributed by atoms with Crippen LogP contribution in [-0.4, -0.2) is 65.5 Å². The zero-order chi connectivity index (χ0) is 22.2. The highest BCUT2D eigenvalue weighted by Crippen LogP contribution is 2.38. The Morgan fingerprint density at radius 1 is 1.19 bits per heavy atom. The van der Waals surface area contributed by atoms with Gasteiger partial charge in [-0.25, -0.2) is 9.97 Å². The topological polar surface area (TPSA) is 94.2 Å². The van der Waals surface area contributed by atoms with E-state index in [4.69, 9.17) is 4.98 Å². The summed E-state index contributed by atoms with van der Waals surface area (Å²) in [5.74, 6) is -0.137. The molecule has 0 bridgehead atoms. The van der Waals surface area contributed by atoms with Gasteiger partial charge >= 0.3 is 0 Å². The second-order valence-corrected chi connectivity index (χ2v) is 9.13. The first-order valence-corrected chi connectivity index (χ1v) is 11.5. The summed E-state index contributed by atoms with van der Waals surface area (Å²) in [7, 11) is 1.50. The van der Waals surface area contributed by atoms with Crippen LogP contribution in [0.1, 0.15) is 52.8 Å². The van der Waals surface area contributed by atoms with E-state index in [1.807, 2.05) is 4.90 Å². The maximum Gasteiger partial charge on any atom is 0.270 e. The molecule has 0 radical (unpaired) electrons. The quantitative estimate of drug-likeness (QED) is 0.684. The molecule has 5 rings (SSSR count). The molecule has 2 fully saturated rings. The molecule has 2 N–H and O–H groups in total. The number of halogens is 1. The lowest BCUT2D eigenvalue weighted by molar-refractivity contribution is 0.0957. The number of carbonyl (C=O) groups is 1. The van der Waals surface area contributed by atoms with Gasteiger partial charge in [0.1, 0.15) is 11.4 Å². The van der Waals surface area contributed by atoms with E-state index in [1.165, 1.54) is 7.05 Å². The van der Waals surface area contributed by atoms with Gasteiger partial charge in [-0.15, -0.1) is 0 Å². The molecule has 1 atom stereocenters. The summed E-state index contributed by atoms with van der Waals surface area (Å²) < 4.78 is 14.5. The SMILES string of the molecule is CNC(=O)c1ccc(N2CCN(C[C@H]3CCc4nc(C5CC5)c(=O)[nH]c4C3)CC2)c(F)n1. The first-order chi connectivity index (χ1) is 15.5. The zero-order valence-electron chi connectivity index (χ0n) is 18.4. The van der Waals surface area contributed by atoms with Crippen LogP contribution in [0.25, 0.3) is 0 Å². The Hall–Kier alpha value is -2.81. The lowest BCUT2D eigenvalue weighted by atomic mass is 9.88. The van der Waals surface area contributed by atoms with Crippen LogP contribution in [-0.2, 0) is 12.8 Å². The number of H-pyrrole nitrogens is 1. The first kappa shape index (κ1) is 21.1. The van der Waals surface area contributed by atoms with Crippen molar-refractivity contribution in [3.05, 3.63) is 51.2 Å². The molecule has 1 aliphatic heterocycles. The van der Waals surface area contributed by atoms with Crippen molar-refractivity contribution < 1.29 is 9.18 Å². The largest absolute Gasteiger partial charge is 0.365 e. The van der Waals surface area contributed by atoms with Crippen molar-refractivity contribution in [3.63, 3.8) is 0 Å². The molecule has 3 heterocycles. The van der Waals surface area contributed by atoms with Gasteiger partial charge in [-0.05, 0) is 50.2 Å². The van der Waals surface area contributed by atoms with Gasteiger partial charge in [0.25, 0.3) is 11.5 Å². The summed E-state index contributed by atoms with van der Waals surface area (Å²) in [5, 5.41) is 2.46. The van der Waals surface area contributed by atoms with Crippen LogP contribution >= 0.6 is 0 Å². The number of anilines is 1. The number of aromatic amines is 1. The van der Waals surface area contributed by atoms with Crippen molar-refractivity contribution in [3.8, 4) is 0 Å². The summed E-state index contributed by atoms with van der Waals surface area (Å²) in [6, 6.07) is 3.20. The van der Waals surface area contributed by atoms with E-state index < -0.39 is 11.9 Å². The molecule has 170 valence electrons. The Morgan fingerprint density at radius 2 is 1.97 bits per heavy atom. The summed E-state index contributed by atoms with van der Waals surface area (Å²) in [6.45, 7) is 4.08. The van der Waals surface area contributed by atoms with Crippen LogP contribution in [0.4, 0.5) is 10.1 Å². The van der Waals surface area contributed by atoms with Gasteiger partial charge in [0, 0.05) is 51.4 Å². The number of rotatable bonds is 5. The highest BCUT2D eigenvalue weighted by molar-refractivity contribution is 5.92. The molecule has 1 saturated heterocycles. The predicted octanol–water partition coefficient (Wildman–Crippen LogP) is 1.47. The van der Waals surface area contributed by atoms with Crippen molar-refractivity contribution in [1.82, 2.24) is 25.2 Å². The maximum atomic E-state index is 14.5. The predicted molar refractivity (Wildman–Crippen MR) is 119 cm³/mol. The van der Waals surface area contributed by atoms with Gasteiger partial charge < -0.3 is 15.2 Å². The van der Waals surface area contributed by atoms with E-state index in [0.717, 1.165) is 68.8 Å². The number of nitrogens with zero attached hydrogens (tertiary/aromatic N) is 4. The number of fused-ring (bicyclic) bond motifs is 1.